The van der Waals surface area contributed by atoms with E-state index < -0.39 is 6.01 Å². The Morgan fingerprint density at radius 1 is 1.43 bits per heavy atom. The zero-order chi connectivity index (χ0) is 9.71. The van der Waals surface area contributed by atoms with Gasteiger partial charge in [0.15, 0.2) is 0 Å². The van der Waals surface area contributed by atoms with Gasteiger partial charge >= 0.3 is 0 Å². The monoisotopic (exact) mass is 192 g/mol. The summed E-state index contributed by atoms with van der Waals surface area (Å²) in [6, 6.07) is 0.909. The molecule has 2 nitrogen and oxygen atoms in total. The second kappa shape index (κ2) is 2.50. The van der Waals surface area contributed by atoms with Crippen LogP contribution in [-0.2, 0) is 11.2 Å². The zero-order valence-electron chi connectivity index (χ0n) is 7.71. The number of fused-ring (bicyclic) bond motifs is 2. The normalized spacial score (nSPS) is 23.4. The van der Waals surface area contributed by atoms with Gasteiger partial charge in [-0.3, -0.25) is 0 Å². The van der Waals surface area contributed by atoms with Gasteiger partial charge in [-0.2, -0.15) is 4.39 Å². The van der Waals surface area contributed by atoms with Gasteiger partial charge in [-0.15, -0.1) is 0 Å². The summed E-state index contributed by atoms with van der Waals surface area (Å²) in [6.07, 6.45) is 4.57. The second-order valence-corrected chi connectivity index (χ2v) is 3.65. The van der Waals surface area contributed by atoms with Crippen LogP contribution in [0.4, 0.5) is 4.39 Å². The summed E-state index contributed by atoms with van der Waals surface area (Å²) in [7, 11) is 0. The molecule has 0 saturated heterocycles. The number of hydrogen-bond acceptors (Lipinski definition) is 2. The largest absolute Gasteiger partial charge is 0.490 e. The Kier molecular flexibility index (Phi) is 1.40. The molecule has 0 amide bonds. The van der Waals surface area contributed by atoms with Gasteiger partial charge in [0.05, 0.1) is 5.76 Å². The Bertz CT molecular complexity index is 454. The van der Waals surface area contributed by atoms with Crippen LogP contribution in [0.15, 0.2) is 27.9 Å². The molecule has 2 heterocycles. The lowest BCUT2D eigenvalue weighted by atomic mass is 9.96. The number of rotatable bonds is 0. The molecule has 0 spiro atoms. The topological polar surface area (TPSA) is 22.4 Å². The Morgan fingerprint density at radius 2 is 2.29 bits per heavy atom. The standard InChI is InChI=1S/C11H9FO2/c1-6-2-7-3-10-8(4-9(7)13-6)5-11(12)14-10/h2-3,5,9H,4H2,1H3. The van der Waals surface area contributed by atoms with Crippen molar-refractivity contribution in [1.29, 1.82) is 0 Å². The van der Waals surface area contributed by atoms with E-state index in [1.807, 2.05) is 19.1 Å². The molecule has 0 fully saturated rings. The highest BCUT2D eigenvalue weighted by molar-refractivity contribution is 5.61. The molecule has 72 valence electrons. The highest BCUT2D eigenvalue weighted by atomic mass is 19.1. The molecular weight excluding hydrogens is 183 g/mol. The minimum atomic E-state index is -0.521. The predicted molar refractivity (Wildman–Crippen MR) is 49.0 cm³/mol. The van der Waals surface area contributed by atoms with Crippen molar-refractivity contribution < 1.29 is 13.5 Å². The molecule has 1 aromatic rings. The lowest BCUT2D eigenvalue weighted by Crippen LogP contribution is -2.15. The fourth-order valence-electron chi connectivity index (χ4n) is 1.99. The van der Waals surface area contributed by atoms with E-state index >= 15 is 0 Å². The minimum absolute atomic E-state index is 0.0551. The molecule has 0 saturated carbocycles. The molecule has 2 aliphatic rings. The highest BCUT2D eigenvalue weighted by Crippen LogP contribution is 2.34. The molecule has 14 heavy (non-hydrogen) atoms. The summed E-state index contributed by atoms with van der Waals surface area (Å²) >= 11 is 0. The van der Waals surface area contributed by atoms with Crippen LogP contribution in [0, 0.1) is 6.01 Å². The van der Waals surface area contributed by atoms with Crippen molar-refractivity contribution >= 4 is 6.08 Å². The first kappa shape index (κ1) is 7.85. The molecule has 1 atom stereocenters. The molecule has 3 heteroatoms. The van der Waals surface area contributed by atoms with Gasteiger partial charge in [0.25, 0.3) is 6.01 Å². The van der Waals surface area contributed by atoms with Gasteiger partial charge < -0.3 is 9.15 Å². The van der Waals surface area contributed by atoms with Gasteiger partial charge in [0, 0.05) is 18.1 Å². The first-order chi connectivity index (χ1) is 6.72. The number of halogens is 1. The third-order valence-electron chi connectivity index (χ3n) is 2.58. The van der Waals surface area contributed by atoms with Crippen molar-refractivity contribution in [3.05, 3.63) is 40.8 Å². The zero-order valence-corrected chi connectivity index (χ0v) is 7.71. The lowest BCUT2D eigenvalue weighted by Gasteiger charge is -2.16. The maximum atomic E-state index is 12.8. The molecule has 1 aliphatic heterocycles. The van der Waals surface area contributed by atoms with Crippen molar-refractivity contribution in [2.45, 2.75) is 19.4 Å². The van der Waals surface area contributed by atoms with Gasteiger partial charge in [-0.25, -0.2) is 0 Å². The first-order valence-electron chi connectivity index (χ1n) is 4.57. The average molecular weight is 192 g/mol. The van der Waals surface area contributed by atoms with Crippen LogP contribution in [0.3, 0.4) is 0 Å². The van der Waals surface area contributed by atoms with E-state index in [1.165, 1.54) is 6.07 Å². The quantitative estimate of drug-likeness (QED) is 0.630. The van der Waals surface area contributed by atoms with Crippen LogP contribution in [-0.4, -0.2) is 6.10 Å². The van der Waals surface area contributed by atoms with Crippen molar-refractivity contribution in [2.24, 2.45) is 0 Å². The van der Waals surface area contributed by atoms with Crippen molar-refractivity contribution in [3.8, 4) is 0 Å². The molecule has 0 bridgehead atoms. The first-order valence-corrected chi connectivity index (χ1v) is 4.57. The molecule has 0 aromatic carbocycles. The second-order valence-electron chi connectivity index (χ2n) is 3.65. The molecule has 1 unspecified atom stereocenters. The third-order valence-corrected chi connectivity index (χ3v) is 2.58. The molecule has 0 N–H and O–H groups in total. The summed E-state index contributed by atoms with van der Waals surface area (Å²) < 4.78 is 23.3. The molecule has 0 radical (unpaired) electrons. The third kappa shape index (κ3) is 1.02. The average Bonchev–Trinajstić information content (AvgIpc) is 2.59. The Morgan fingerprint density at radius 3 is 3.14 bits per heavy atom. The van der Waals surface area contributed by atoms with Crippen LogP contribution < -0.4 is 0 Å². The van der Waals surface area contributed by atoms with Gasteiger partial charge in [0.1, 0.15) is 11.9 Å². The molecular formula is C11H9FO2. The summed E-state index contributed by atoms with van der Waals surface area (Å²) in [5, 5.41) is 0. The Hall–Kier alpha value is -1.51. The molecule has 1 aromatic heterocycles. The Balaban J connectivity index is 2.09. The van der Waals surface area contributed by atoms with Crippen molar-refractivity contribution in [3.63, 3.8) is 0 Å². The van der Waals surface area contributed by atoms with Crippen LogP contribution >= 0.6 is 0 Å². The maximum Gasteiger partial charge on any atom is 0.278 e. The van der Waals surface area contributed by atoms with E-state index in [1.54, 1.807) is 0 Å². The van der Waals surface area contributed by atoms with Gasteiger partial charge in [0.2, 0.25) is 0 Å². The van der Waals surface area contributed by atoms with E-state index in [0.29, 0.717) is 12.2 Å². The van der Waals surface area contributed by atoms with Crippen LogP contribution in [0.1, 0.15) is 18.2 Å². The SMILES string of the molecule is CC1=CC2=Cc3oc(F)cc3CC2O1. The van der Waals surface area contributed by atoms with E-state index in [4.69, 9.17) is 9.15 Å². The van der Waals surface area contributed by atoms with Crippen LogP contribution in [0.5, 0.6) is 0 Å². The van der Waals surface area contributed by atoms with E-state index in [-0.39, 0.29) is 6.10 Å². The molecule has 3 rings (SSSR count). The van der Waals surface area contributed by atoms with E-state index in [9.17, 15) is 4.39 Å². The fraction of sp³-hybridized carbons (Fsp3) is 0.273. The summed E-state index contributed by atoms with van der Waals surface area (Å²) in [4.78, 5) is 0. The maximum absolute atomic E-state index is 12.8. The minimum Gasteiger partial charge on any atom is -0.490 e. The Labute approximate surface area is 80.7 Å². The van der Waals surface area contributed by atoms with Gasteiger partial charge in [-0.1, -0.05) is 0 Å². The van der Waals surface area contributed by atoms with Crippen LogP contribution in [0.2, 0.25) is 0 Å². The summed E-state index contributed by atoms with van der Waals surface area (Å²) in [6.45, 7) is 1.92. The lowest BCUT2D eigenvalue weighted by molar-refractivity contribution is 0.167. The smallest absolute Gasteiger partial charge is 0.278 e. The number of hydrogen-bond donors (Lipinski definition) is 0. The number of furan rings is 1. The van der Waals surface area contributed by atoms with Crippen molar-refractivity contribution in [2.75, 3.05) is 0 Å². The molecule has 1 aliphatic carbocycles. The number of ether oxygens (including phenoxy) is 1. The van der Waals surface area contributed by atoms with Gasteiger partial charge in [-0.05, 0) is 24.6 Å². The summed E-state index contributed by atoms with van der Waals surface area (Å²) in [5.74, 6) is 1.54. The van der Waals surface area contributed by atoms with Crippen molar-refractivity contribution in [1.82, 2.24) is 0 Å². The predicted octanol–water partition coefficient (Wildman–Crippen LogP) is 2.66. The number of allylic oxidation sites excluding steroid dienone is 1. The summed E-state index contributed by atoms with van der Waals surface area (Å²) in [5.41, 5.74) is 1.96. The fourth-order valence-corrected chi connectivity index (χ4v) is 1.99. The van der Waals surface area contributed by atoms with E-state index in [0.717, 1.165) is 16.9 Å². The van der Waals surface area contributed by atoms with E-state index in [2.05, 4.69) is 0 Å². The van der Waals surface area contributed by atoms with Crippen LogP contribution in [0.25, 0.3) is 6.08 Å². The highest BCUT2D eigenvalue weighted by Gasteiger charge is 2.28.